The van der Waals surface area contributed by atoms with Crippen LogP contribution in [0.25, 0.3) is 0 Å². The summed E-state index contributed by atoms with van der Waals surface area (Å²) in [6.07, 6.45) is 0.900. The van der Waals surface area contributed by atoms with Crippen LogP contribution >= 0.6 is 15.9 Å². The number of alkyl halides is 1. The van der Waals surface area contributed by atoms with Gasteiger partial charge in [-0.3, -0.25) is 4.79 Å². The fourth-order valence-electron chi connectivity index (χ4n) is 2.36. The molecule has 2 unspecified atom stereocenters. The molecule has 1 heterocycles. The summed E-state index contributed by atoms with van der Waals surface area (Å²) >= 11 is 3.38. The van der Waals surface area contributed by atoms with Gasteiger partial charge in [0.2, 0.25) is 0 Å². The Bertz CT molecular complexity index is 446. The molecule has 0 aliphatic carbocycles. The van der Waals surface area contributed by atoms with Crippen molar-refractivity contribution in [3.8, 4) is 5.75 Å². The second-order valence-electron chi connectivity index (χ2n) is 4.62. The van der Waals surface area contributed by atoms with Crippen LogP contribution in [-0.4, -0.2) is 33.8 Å². The van der Waals surface area contributed by atoms with Gasteiger partial charge in [0.15, 0.2) is 0 Å². The van der Waals surface area contributed by atoms with E-state index in [-0.39, 0.29) is 17.4 Å². The number of phenols is 1. The minimum atomic E-state index is -0.673. The topological polar surface area (TPSA) is 40.5 Å². The summed E-state index contributed by atoms with van der Waals surface area (Å²) in [4.78, 5) is 13.9. The van der Waals surface area contributed by atoms with Crippen LogP contribution in [0.5, 0.6) is 5.75 Å². The Labute approximate surface area is 114 Å². The lowest BCUT2D eigenvalue weighted by Gasteiger charge is -2.25. The molecule has 0 radical (unpaired) electrons. The Morgan fingerprint density at radius 2 is 2.33 bits per heavy atom. The number of nitrogens with zero attached hydrogens (tertiary/aromatic N) is 1. The zero-order chi connectivity index (χ0) is 13.3. The Morgan fingerprint density at radius 1 is 1.61 bits per heavy atom. The molecular weight excluding hydrogens is 301 g/mol. The highest BCUT2D eigenvalue weighted by atomic mass is 79.9. The number of likely N-dealkylation sites (tertiary alicyclic amines) is 1. The van der Waals surface area contributed by atoms with Crippen LogP contribution in [0.1, 0.15) is 23.7 Å². The molecule has 1 amide bonds. The molecule has 1 N–H and O–H groups in total. The molecule has 5 heteroatoms. The molecule has 3 nitrogen and oxygen atoms in total. The van der Waals surface area contributed by atoms with Gasteiger partial charge in [0.1, 0.15) is 17.1 Å². The van der Waals surface area contributed by atoms with E-state index in [9.17, 15) is 14.3 Å². The van der Waals surface area contributed by atoms with Crippen molar-refractivity contribution in [3.05, 3.63) is 29.6 Å². The zero-order valence-electron chi connectivity index (χ0n) is 10.1. The van der Waals surface area contributed by atoms with Crippen LogP contribution in [0.15, 0.2) is 18.2 Å². The van der Waals surface area contributed by atoms with Crippen molar-refractivity contribution < 1.29 is 14.3 Å². The lowest BCUT2D eigenvalue weighted by atomic mass is 10.0. The number of carbonyl (C=O) groups is 1. The summed E-state index contributed by atoms with van der Waals surface area (Å²) < 4.78 is 13.7. The van der Waals surface area contributed by atoms with Gasteiger partial charge in [-0.05, 0) is 24.5 Å². The second-order valence-corrected chi connectivity index (χ2v) is 5.27. The maximum absolute atomic E-state index is 13.7. The van der Waals surface area contributed by atoms with Crippen LogP contribution in [-0.2, 0) is 0 Å². The molecule has 0 saturated carbocycles. The fourth-order valence-corrected chi connectivity index (χ4v) is 3.35. The molecule has 1 aromatic carbocycles. The van der Waals surface area contributed by atoms with E-state index in [0.717, 1.165) is 6.42 Å². The van der Waals surface area contributed by atoms with Crippen molar-refractivity contribution in [2.45, 2.75) is 19.4 Å². The Balaban J connectivity index is 2.32. The van der Waals surface area contributed by atoms with Crippen LogP contribution in [0.2, 0.25) is 0 Å². The van der Waals surface area contributed by atoms with Crippen molar-refractivity contribution in [2.75, 3.05) is 11.9 Å². The number of phenolic OH excluding ortho intramolecular Hbond substituents is 1. The molecule has 1 saturated heterocycles. The number of hydrogen-bond acceptors (Lipinski definition) is 2. The third-order valence-electron chi connectivity index (χ3n) is 3.51. The summed E-state index contributed by atoms with van der Waals surface area (Å²) in [5.41, 5.74) is -0.224. The van der Waals surface area contributed by atoms with E-state index in [2.05, 4.69) is 22.9 Å². The first kappa shape index (κ1) is 13.3. The molecule has 1 fully saturated rings. The largest absolute Gasteiger partial charge is 0.507 e. The first-order valence-corrected chi connectivity index (χ1v) is 7.02. The van der Waals surface area contributed by atoms with E-state index in [0.29, 0.717) is 17.8 Å². The molecule has 0 aromatic heterocycles. The molecule has 18 heavy (non-hydrogen) atoms. The quantitative estimate of drug-likeness (QED) is 0.853. The standard InChI is InChI=1S/C13H15BrFNO2/c1-8-5-6-16(10(8)7-14)13(18)12-9(15)3-2-4-11(12)17/h2-4,8,10,17H,5-7H2,1H3. The number of hydrogen-bond donors (Lipinski definition) is 1. The van der Waals surface area contributed by atoms with Crippen molar-refractivity contribution in [1.82, 2.24) is 4.90 Å². The van der Waals surface area contributed by atoms with Crippen molar-refractivity contribution in [3.63, 3.8) is 0 Å². The predicted octanol–water partition coefficient (Wildman–Crippen LogP) is 2.78. The van der Waals surface area contributed by atoms with E-state index in [1.54, 1.807) is 4.90 Å². The molecule has 1 aromatic rings. The van der Waals surface area contributed by atoms with Crippen LogP contribution in [0, 0.1) is 11.7 Å². The predicted molar refractivity (Wildman–Crippen MR) is 70.5 cm³/mol. The van der Waals surface area contributed by atoms with Gasteiger partial charge in [-0.15, -0.1) is 0 Å². The van der Waals surface area contributed by atoms with Crippen molar-refractivity contribution in [2.24, 2.45) is 5.92 Å². The fraction of sp³-hybridized carbons (Fsp3) is 0.462. The second kappa shape index (κ2) is 5.26. The van der Waals surface area contributed by atoms with Crippen molar-refractivity contribution in [1.29, 1.82) is 0 Å². The third kappa shape index (κ3) is 2.23. The SMILES string of the molecule is CC1CCN(C(=O)c2c(O)cccc2F)C1CBr. The first-order chi connectivity index (χ1) is 8.56. The Hall–Kier alpha value is -1.10. The minimum Gasteiger partial charge on any atom is -0.507 e. The number of amides is 1. The molecular formula is C13H15BrFNO2. The summed E-state index contributed by atoms with van der Waals surface area (Å²) in [6.45, 7) is 2.67. The monoisotopic (exact) mass is 315 g/mol. The van der Waals surface area contributed by atoms with Crippen LogP contribution in [0.4, 0.5) is 4.39 Å². The van der Waals surface area contributed by atoms with E-state index in [1.165, 1.54) is 18.2 Å². The molecule has 0 bridgehead atoms. The molecule has 2 atom stereocenters. The summed E-state index contributed by atoms with van der Waals surface area (Å²) in [7, 11) is 0. The Kier molecular flexibility index (Phi) is 3.90. The van der Waals surface area contributed by atoms with E-state index < -0.39 is 11.7 Å². The molecule has 1 aliphatic rings. The lowest BCUT2D eigenvalue weighted by molar-refractivity contribution is 0.0730. The highest BCUT2D eigenvalue weighted by Crippen LogP contribution is 2.30. The average molecular weight is 316 g/mol. The first-order valence-electron chi connectivity index (χ1n) is 5.90. The van der Waals surface area contributed by atoms with Crippen LogP contribution in [0.3, 0.4) is 0 Å². The maximum atomic E-state index is 13.7. The average Bonchev–Trinajstić information content (AvgIpc) is 2.69. The Morgan fingerprint density at radius 3 is 2.94 bits per heavy atom. The summed E-state index contributed by atoms with van der Waals surface area (Å²) in [5.74, 6) is -1.03. The highest BCUT2D eigenvalue weighted by Gasteiger charge is 2.35. The highest BCUT2D eigenvalue weighted by molar-refractivity contribution is 9.09. The van der Waals surface area contributed by atoms with Crippen molar-refractivity contribution >= 4 is 21.8 Å². The number of halogens is 2. The molecule has 2 rings (SSSR count). The van der Waals surface area contributed by atoms with E-state index in [4.69, 9.17) is 0 Å². The number of aromatic hydroxyl groups is 1. The maximum Gasteiger partial charge on any atom is 0.260 e. The van der Waals surface area contributed by atoms with E-state index in [1.807, 2.05) is 0 Å². The van der Waals surface area contributed by atoms with Gasteiger partial charge in [0, 0.05) is 17.9 Å². The number of rotatable bonds is 2. The molecule has 0 spiro atoms. The normalized spacial score (nSPS) is 23.4. The lowest BCUT2D eigenvalue weighted by Crippen LogP contribution is -2.39. The zero-order valence-corrected chi connectivity index (χ0v) is 11.7. The minimum absolute atomic E-state index is 0.0523. The molecule has 1 aliphatic heterocycles. The van der Waals surface area contributed by atoms with Gasteiger partial charge in [0.25, 0.3) is 5.91 Å². The molecule has 98 valence electrons. The van der Waals surface area contributed by atoms with Gasteiger partial charge in [-0.2, -0.15) is 0 Å². The van der Waals surface area contributed by atoms with Gasteiger partial charge in [-0.25, -0.2) is 4.39 Å². The smallest absolute Gasteiger partial charge is 0.260 e. The number of carbonyl (C=O) groups excluding carboxylic acids is 1. The van der Waals surface area contributed by atoms with Gasteiger partial charge in [0.05, 0.1) is 0 Å². The van der Waals surface area contributed by atoms with Gasteiger partial charge < -0.3 is 10.0 Å². The summed E-state index contributed by atoms with van der Waals surface area (Å²) in [6, 6.07) is 3.96. The third-order valence-corrected chi connectivity index (χ3v) is 4.17. The number of benzene rings is 1. The van der Waals surface area contributed by atoms with Gasteiger partial charge >= 0.3 is 0 Å². The van der Waals surface area contributed by atoms with Gasteiger partial charge in [-0.1, -0.05) is 28.9 Å². The van der Waals surface area contributed by atoms with Crippen LogP contribution < -0.4 is 0 Å². The summed E-state index contributed by atoms with van der Waals surface area (Å²) in [5, 5.41) is 10.3. The van der Waals surface area contributed by atoms with E-state index >= 15 is 0 Å².